The number of nitrogens with zero attached hydrogens (tertiary/aromatic N) is 2. The standard InChI is InChI=1S/C27H37Cl2N3O4S/c1-5-7-16-30-27(34)24(6-2)31(19-21-11-14-22(28)15-12-21)26(33)9-8-17-32(37(4,35)36)25-18-23(29)13-10-20(25)3/h10-15,18,24H,5-9,16-17,19H2,1-4H3,(H,30,34)/t24-/m1/s1. The summed E-state index contributed by atoms with van der Waals surface area (Å²) in [5.74, 6) is -0.408. The van der Waals surface area contributed by atoms with E-state index in [9.17, 15) is 18.0 Å². The summed E-state index contributed by atoms with van der Waals surface area (Å²) in [6.45, 7) is 6.64. The fraction of sp³-hybridized carbons (Fsp3) is 0.481. The number of hydrogen-bond donors (Lipinski definition) is 1. The van der Waals surface area contributed by atoms with Crippen LogP contribution in [0, 0.1) is 6.92 Å². The van der Waals surface area contributed by atoms with Crippen molar-refractivity contribution in [3.63, 3.8) is 0 Å². The van der Waals surface area contributed by atoms with E-state index in [1.54, 1.807) is 35.2 Å². The molecule has 2 aromatic carbocycles. The van der Waals surface area contributed by atoms with Gasteiger partial charge in [-0.2, -0.15) is 0 Å². The monoisotopic (exact) mass is 569 g/mol. The first-order chi connectivity index (χ1) is 17.5. The quantitative estimate of drug-likeness (QED) is 0.301. The SMILES string of the molecule is CCCCNC(=O)[C@@H](CC)N(Cc1ccc(Cl)cc1)C(=O)CCCN(c1cc(Cl)ccc1C)S(C)(=O)=O. The second kappa shape index (κ2) is 14.6. The van der Waals surface area contributed by atoms with Crippen molar-refractivity contribution in [2.45, 2.75) is 65.5 Å². The lowest BCUT2D eigenvalue weighted by molar-refractivity contribution is -0.141. The van der Waals surface area contributed by atoms with Gasteiger partial charge in [0.05, 0.1) is 11.9 Å². The van der Waals surface area contributed by atoms with Gasteiger partial charge in [0.15, 0.2) is 0 Å². The van der Waals surface area contributed by atoms with Crippen LogP contribution < -0.4 is 9.62 Å². The normalized spacial score (nSPS) is 12.2. The number of hydrogen-bond acceptors (Lipinski definition) is 4. The lowest BCUT2D eigenvalue weighted by atomic mass is 10.1. The van der Waals surface area contributed by atoms with Crippen LogP contribution in [0.4, 0.5) is 5.69 Å². The van der Waals surface area contributed by atoms with Crippen molar-refractivity contribution in [2.24, 2.45) is 0 Å². The number of aryl methyl sites for hydroxylation is 1. The Balaban J connectivity index is 2.22. The molecule has 0 saturated heterocycles. The number of rotatable bonds is 14. The van der Waals surface area contributed by atoms with Crippen LogP contribution >= 0.6 is 23.2 Å². The second-order valence-electron chi connectivity index (χ2n) is 9.09. The molecule has 0 aliphatic carbocycles. The molecule has 1 atom stereocenters. The number of unbranched alkanes of at least 4 members (excludes halogenated alkanes) is 1. The summed E-state index contributed by atoms with van der Waals surface area (Å²) in [7, 11) is -3.60. The molecule has 0 heterocycles. The van der Waals surface area contributed by atoms with E-state index < -0.39 is 16.1 Å². The summed E-state index contributed by atoms with van der Waals surface area (Å²) in [6.07, 6.45) is 3.76. The third-order valence-corrected chi connectivity index (χ3v) is 7.74. The molecule has 204 valence electrons. The minimum Gasteiger partial charge on any atom is -0.354 e. The zero-order valence-electron chi connectivity index (χ0n) is 22.0. The van der Waals surface area contributed by atoms with Crippen LogP contribution in [0.3, 0.4) is 0 Å². The van der Waals surface area contributed by atoms with Crippen molar-refractivity contribution >= 4 is 50.7 Å². The molecule has 0 bridgehead atoms. The number of carbonyl (C=O) groups excluding carboxylic acids is 2. The van der Waals surface area contributed by atoms with Gasteiger partial charge < -0.3 is 10.2 Å². The fourth-order valence-electron chi connectivity index (χ4n) is 4.05. The average Bonchev–Trinajstić information content (AvgIpc) is 2.84. The highest BCUT2D eigenvalue weighted by atomic mass is 35.5. The van der Waals surface area contributed by atoms with E-state index >= 15 is 0 Å². The molecule has 0 saturated carbocycles. The van der Waals surface area contributed by atoms with E-state index in [1.165, 1.54) is 4.31 Å². The summed E-state index contributed by atoms with van der Waals surface area (Å²) in [6, 6.07) is 11.6. The van der Waals surface area contributed by atoms with E-state index in [0.717, 1.165) is 30.2 Å². The van der Waals surface area contributed by atoms with Gasteiger partial charge in [-0.1, -0.05) is 61.7 Å². The predicted octanol–water partition coefficient (Wildman–Crippen LogP) is 5.57. The van der Waals surface area contributed by atoms with Gasteiger partial charge in [0, 0.05) is 36.1 Å². The van der Waals surface area contributed by atoms with Crippen molar-refractivity contribution in [3.05, 3.63) is 63.6 Å². The topological polar surface area (TPSA) is 86.8 Å². The van der Waals surface area contributed by atoms with Crippen molar-refractivity contribution in [1.82, 2.24) is 10.2 Å². The maximum absolute atomic E-state index is 13.5. The molecular formula is C27H37Cl2N3O4S. The van der Waals surface area contributed by atoms with Crippen molar-refractivity contribution in [1.29, 1.82) is 0 Å². The van der Waals surface area contributed by atoms with Crippen molar-refractivity contribution < 1.29 is 18.0 Å². The van der Waals surface area contributed by atoms with Crippen molar-refractivity contribution in [2.75, 3.05) is 23.7 Å². The number of carbonyl (C=O) groups is 2. The zero-order chi connectivity index (χ0) is 27.6. The Morgan fingerprint density at radius 1 is 1.00 bits per heavy atom. The molecule has 0 unspecified atom stereocenters. The molecule has 2 aromatic rings. The Morgan fingerprint density at radius 3 is 2.24 bits per heavy atom. The highest BCUT2D eigenvalue weighted by Crippen LogP contribution is 2.27. The first-order valence-corrected chi connectivity index (χ1v) is 15.1. The summed E-state index contributed by atoms with van der Waals surface area (Å²) >= 11 is 12.1. The summed E-state index contributed by atoms with van der Waals surface area (Å²) in [5, 5.41) is 3.95. The molecule has 0 aliphatic heterocycles. The molecule has 2 amide bonds. The molecule has 0 radical (unpaired) electrons. The zero-order valence-corrected chi connectivity index (χ0v) is 24.3. The lowest BCUT2D eigenvalue weighted by Gasteiger charge is -2.31. The molecule has 0 spiro atoms. The smallest absolute Gasteiger partial charge is 0.242 e. The Hall–Kier alpha value is -2.29. The van der Waals surface area contributed by atoms with E-state index in [2.05, 4.69) is 5.32 Å². The van der Waals surface area contributed by atoms with Gasteiger partial charge in [0.1, 0.15) is 6.04 Å². The van der Waals surface area contributed by atoms with Crippen molar-refractivity contribution in [3.8, 4) is 0 Å². The van der Waals surface area contributed by atoms with Gasteiger partial charge >= 0.3 is 0 Å². The minimum atomic E-state index is -3.60. The molecule has 2 rings (SSSR count). The van der Waals surface area contributed by atoms with Crippen LogP contribution in [0.1, 0.15) is 57.1 Å². The number of benzene rings is 2. The van der Waals surface area contributed by atoms with Gasteiger partial charge in [-0.3, -0.25) is 13.9 Å². The first kappa shape index (κ1) is 30.9. The third kappa shape index (κ3) is 9.51. The number of nitrogens with one attached hydrogen (secondary N) is 1. The molecule has 37 heavy (non-hydrogen) atoms. The van der Waals surface area contributed by atoms with Crippen LogP contribution in [0.2, 0.25) is 10.0 Å². The maximum Gasteiger partial charge on any atom is 0.242 e. The third-order valence-electron chi connectivity index (χ3n) is 6.07. The highest BCUT2D eigenvalue weighted by molar-refractivity contribution is 7.92. The number of sulfonamides is 1. The molecule has 1 N–H and O–H groups in total. The number of halogens is 2. The van der Waals surface area contributed by atoms with Crippen LogP contribution in [-0.4, -0.2) is 50.5 Å². The minimum absolute atomic E-state index is 0.0813. The molecule has 7 nitrogen and oxygen atoms in total. The Kier molecular flexibility index (Phi) is 12.2. The van der Waals surface area contributed by atoms with E-state index in [1.807, 2.05) is 32.9 Å². The van der Waals surface area contributed by atoms with E-state index in [-0.39, 0.29) is 37.7 Å². The second-order valence-corrected chi connectivity index (χ2v) is 11.9. The number of amides is 2. The Bertz CT molecular complexity index is 1160. The average molecular weight is 571 g/mol. The summed E-state index contributed by atoms with van der Waals surface area (Å²) < 4.78 is 26.4. The molecular weight excluding hydrogens is 533 g/mol. The van der Waals surface area contributed by atoms with Gasteiger partial charge in [0.25, 0.3) is 0 Å². The maximum atomic E-state index is 13.5. The number of anilines is 1. The van der Waals surface area contributed by atoms with Gasteiger partial charge in [-0.05, 0) is 61.6 Å². The largest absolute Gasteiger partial charge is 0.354 e. The molecule has 0 aromatic heterocycles. The molecule has 0 fully saturated rings. The predicted molar refractivity (Wildman–Crippen MR) is 152 cm³/mol. The fourth-order valence-corrected chi connectivity index (χ4v) is 5.35. The van der Waals surface area contributed by atoms with Gasteiger partial charge in [-0.25, -0.2) is 8.42 Å². The van der Waals surface area contributed by atoms with Gasteiger partial charge in [0.2, 0.25) is 21.8 Å². The Labute approximate surface area is 231 Å². The highest BCUT2D eigenvalue weighted by Gasteiger charge is 2.29. The van der Waals surface area contributed by atoms with Crippen LogP contribution in [0.25, 0.3) is 0 Å². The summed E-state index contributed by atoms with van der Waals surface area (Å²) in [4.78, 5) is 28.0. The first-order valence-electron chi connectivity index (χ1n) is 12.5. The van der Waals surface area contributed by atoms with Crippen LogP contribution in [0.15, 0.2) is 42.5 Å². The Morgan fingerprint density at radius 2 is 1.65 bits per heavy atom. The van der Waals surface area contributed by atoms with E-state index in [0.29, 0.717) is 28.7 Å². The van der Waals surface area contributed by atoms with Gasteiger partial charge in [-0.15, -0.1) is 0 Å². The van der Waals surface area contributed by atoms with Crippen LogP contribution in [0.5, 0.6) is 0 Å². The van der Waals surface area contributed by atoms with Crippen LogP contribution in [-0.2, 0) is 26.2 Å². The van der Waals surface area contributed by atoms with E-state index in [4.69, 9.17) is 23.2 Å². The molecule has 0 aliphatic rings. The lowest BCUT2D eigenvalue weighted by Crippen LogP contribution is -2.49. The summed E-state index contributed by atoms with van der Waals surface area (Å²) in [5.41, 5.74) is 2.10. The molecule has 10 heteroatoms.